The lowest BCUT2D eigenvalue weighted by Gasteiger charge is -2.14. The molecule has 0 amide bonds. The smallest absolute Gasteiger partial charge is 0.123 e. The standard InChI is InChI=1S/C12H17FO2/c1-15-7-3-5-11(9-14)10-4-2-6-12(13)8-10/h2,4,6,8,11,14H,3,5,7,9H2,1H3. The predicted octanol–water partition coefficient (Wildman–Crippen LogP) is 2.33. The monoisotopic (exact) mass is 212 g/mol. The SMILES string of the molecule is COCCCC(CO)c1cccc(F)c1. The van der Waals surface area contributed by atoms with E-state index in [0.29, 0.717) is 6.61 Å². The first kappa shape index (κ1) is 12.1. The first-order valence-electron chi connectivity index (χ1n) is 5.13. The largest absolute Gasteiger partial charge is 0.396 e. The molecule has 84 valence electrons. The Morgan fingerprint density at radius 2 is 2.27 bits per heavy atom. The zero-order valence-corrected chi connectivity index (χ0v) is 8.95. The van der Waals surface area contributed by atoms with Crippen molar-refractivity contribution in [2.75, 3.05) is 20.3 Å². The molecular weight excluding hydrogens is 195 g/mol. The van der Waals surface area contributed by atoms with Gasteiger partial charge in [0, 0.05) is 26.2 Å². The maximum absolute atomic E-state index is 12.9. The van der Waals surface area contributed by atoms with E-state index in [1.165, 1.54) is 12.1 Å². The van der Waals surface area contributed by atoms with Gasteiger partial charge in [0.1, 0.15) is 5.82 Å². The lowest BCUT2D eigenvalue weighted by molar-refractivity contribution is 0.183. The molecule has 1 rings (SSSR count). The van der Waals surface area contributed by atoms with Gasteiger partial charge in [-0.1, -0.05) is 12.1 Å². The summed E-state index contributed by atoms with van der Waals surface area (Å²) >= 11 is 0. The van der Waals surface area contributed by atoms with Gasteiger partial charge in [0.2, 0.25) is 0 Å². The highest BCUT2D eigenvalue weighted by atomic mass is 19.1. The maximum atomic E-state index is 12.9. The molecule has 0 aliphatic carbocycles. The van der Waals surface area contributed by atoms with E-state index in [1.54, 1.807) is 13.2 Å². The van der Waals surface area contributed by atoms with Gasteiger partial charge < -0.3 is 9.84 Å². The van der Waals surface area contributed by atoms with Crippen molar-refractivity contribution in [1.29, 1.82) is 0 Å². The fourth-order valence-corrected chi connectivity index (χ4v) is 1.60. The second-order valence-electron chi connectivity index (χ2n) is 3.57. The summed E-state index contributed by atoms with van der Waals surface area (Å²) in [4.78, 5) is 0. The van der Waals surface area contributed by atoms with Crippen LogP contribution in [0.1, 0.15) is 24.3 Å². The van der Waals surface area contributed by atoms with Gasteiger partial charge in [0.05, 0.1) is 0 Å². The quantitative estimate of drug-likeness (QED) is 0.733. The summed E-state index contributed by atoms with van der Waals surface area (Å²) in [5.41, 5.74) is 0.855. The molecule has 1 atom stereocenters. The zero-order chi connectivity index (χ0) is 11.1. The molecule has 0 bridgehead atoms. The number of hydrogen-bond donors (Lipinski definition) is 1. The summed E-state index contributed by atoms with van der Waals surface area (Å²) in [7, 11) is 1.65. The molecule has 0 heterocycles. The van der Waals surface area contributed by atoms with Crippen LogP contribution in [-0.4, -0.2) is 25.4 Å². The number of hydrogen-bond acceptors (Lipinski definition) is 2. The Labute approximate surface area is 89.7 Å². The van der Waals surface area contributed by atoms with Gasteiger partial charge >= 0.3 is 0 Å². The summed E-state index contributed by atoms with van der Waals surface area (Å²) < 4.78 is 17.9. The third-order valence-corrected chi connectivity index (χ3v) is 2.44. The van der Waals surface area contributed by atoms with Crippen LogP contribution in [-0.2, 0) is 4.74 Å². The molecule has 0 aliphatic rings. The van der Waals surface area contributed by atoms with Crippen LogP contribution in [0.4, 0.5) is 4.39 Å². The van der Waals surface area contributed by atoms with Crippen LogP contribution in [0.2, 0.25) is 0 Å². The Hall–Kier alpha value is -0.930. The summed E-state index contributed by atoms with van der Waals surface area (Å²) in [5, 5.41) is 9.21. The van der Waals surface area contributed by atoms with Crippen LogP contribution in [0.5, 0.6) is 0 Å². The summed E-state index contributed by atoms with van der Waals surface area (Å²) in [5.74, 6) is -0.242. The number of benzene rings is 1. The van der Waals surface area contributed by atoms with E-state index in [4.69, 9.17) is 4.74 Å². The van der Waals surface area contributed by atoms with Gasteiger partial charge in [0.15, 0.2) is 0 Å². The summed E-state index contributed by atoms with van der Waals surface area (Å²) in [6.45, 7) is 0.721. The molecule has 3 heteroatoms. The number of halogens is 1. The fraction of sp³-hybridized carbons (Fsp3) is 0.500. The molecule has 1 aromatic rings. The minimum Gasteiger partial charge on any atom is -0.396 e. The maximum Gasteiger partial charge on any atom is 0.123 e. The molecule has 0 radical (unpaired) electrons. The lowest BCUT2D eigenvalue weighted by Crippen LogP contribution is -2.06. The number of aliphatic hydroxyl groups excluding tert-OH is 1. The molecule has 0 aliphatic heterocycles. The summed E-state index contributed by atoms with van der Waals surface area (Å²) in [6.07, 6.45) is 1.69. The van der Waals surface area contributed by atoms with Crippen LogP contribution >= 0.6 is 0 Å². The summed E-state index contributed by atoms with van der Waals surface area (Å²) in [6, 6.07) is 6.40. The Morgan fingerprint density at radius 1 is 1.47 bits per heavy atom. The fourth-order valence-electron chi connectivity index (χ4n) is 1.60. The third kappa shape index (κ3) is 3.98. The van der Waals surface area contributed by atoms with Gasteiger partial charge in [-0.15, -0.1) is 0 Å². The number of rotatable bonds is 6. The van der Waals surface area contributed by atoms with E-state index in [1.807, 2.05) is 6.07 Å². The molecule has 2 nitrogen and oxygen atoms in total. The second kappa shape index (κ2) is 6.53. The molecule has 0 saturated carbocycles. The van der Waals surface area contributed by atoms with Crippen molar-refractivity contribution in [2.45, 2.75) is 18.8 Å². The van der Waals surface area contributed by atoms with Gasteiger partial charge in [-0.3, -0.25) is 0 Å². The molecular formula is C12H17FO2. The van der Waals surface area contributed by atoms with Crippen LogP contribution < -0.4 is 0 Å². The topological polar surface area (TPSA) is 29.5 Å². The van der Waals surface area contributed by atoms with Crippen molar-refractivity contribution < 1.29 is 14.2 Å². The van der Waals surface area contributed by atoms with E-state index >= 15 is 0 Å². The van der Waals surface area contributed by atoms with Gasteiger partial charge in [0.25, 0.3) is 0 Å². The highest BCUT2D eigenvalue weighted by Crippen LogP contribution is 2.21. The molecule has 0 saturated heterocycles. The Bertz CT molecular complexity index is 289. The first-order chi connectivity index (χ1) is 7.27. The van der Waals surface area contributed by atoms with Crippen LogP contribution in [0.15, 0.2) is 24.3 Å². The van der Waals surface area contributed by atoms with Crippen LogP contribution in [0.3, 0.4) is 0 Å². The predicted molar refractivity (Wildman–Crippen MR) is 57.3 cm³/mol. The van der Waals surface area contributed by atoms with Gasteiger partial charge in [-0.2, -0.15) is 0 Å². The Morgan fingerprint density at radius 3 is 2.87 bits per heavy atom. The number of ether oxygens (including phenoxy) is 1. The van der Waals surface area contributed by atoms with Crippen molar-refractivity contribution in [3.63, 3.8) is 0 Å². The molecule has 0 aromatic heterocycles. The van der Waals surface area contributed by atoms with E-state index in [9.17, 15) is 9.50 Å². The van der Waals surface area contributed by atoms with Gasteiger partial charge in [-0.05, 0) is 30.5 Å². The second-order valence-corrected chi connectivity index (χ2v) is 3.57. The third-order valence-electron chi connectivity index (χ3n) is 2.44. The minimum absolute atomic E-state index is 0.0100. The average Bonchev–Trinajstić information content (AvgIpc) is 2.24. The van der Waals surface area contributed by atoms with E-state index in [2.05, 4.69) is 0 Å². The average molecular weight is 212 g/mol. The highest BCUT2D eigenvalue weighted by molar-refractivity contribution is 5.20. The molecule has 1 N–H and O–H groups in total. The molecule has 1 aromatic carbocycles. The normalized spacial score (nSPS) is 12.7. The minimum atomic E-state index is -0.252. The molecule has 1 unspecified atom stereocenters. The van der Waals surface area contributed by atoms with Crippen LogP contribution in [0, 0.1) is 5.82 Å². The van der Waals surface area contributed by atoms with Crippen LogP contribution in [0.25, 0.3) is 0 Å². The van der Waals surface area contributed by atoms with Crippen molar-refractivity contribution >= 4 is 0 Å². The highest BCUT2D eigenvalue weighted by Gasteiger charge is 2.10. The zero-order valence-electron chi connectivity index (χ0n) is 8.95. The van der Waals surface area contributed by atoms with E-state index in [0.717, 1.165) is 18.4 Å². The first-order valence-corrected chi connectivity index (χ1v) is 5.13. The van der Waals surface area contributed by atoms with E-state index < -0.39 is 0 Å². The van der Waals surface area contributed by atoms with Gasteiger partial charge in [-0.25, -0.2) is 4.39 Å². The lowest BCUT2D eigenvalue weighted by atomic mass is 9.95. The van der Waals surface area contributed by atoms with E-state index in [-0.39, 0.29) is 18.3 Å². The van der Waals surface area contributed by atoms with Crippen molar-refractivity contribution in [1.82, 2.24) is 0 Å². The Kier molecular flexibility index (Phi) is 5.29. The number of aliphatic hydroxyl groups is 1. The molecule has 15 heavy (non-hydrogen) atoms. The number of methoxy groups -OCH3 is 1. The van der Waals surface area contributed by atoms with Crippen molar-refractivity contribution in [2.24, 2.45) is 0 Å². The Balaban J connectivity index is 2.57. The van der Waals surface area contributed by atoms with Crippen molar-refractivity contribution in [3.8, 4) is 0 Å². The molecule has 0 spiro atoms. The van der Waals surface area contributed by atoms with Crippen molar-refractivity contribution in [3.05, 3.63) is 35.6 Å². The molecule has 0 fully saturated rings.